The highest BCUT2D eigenvalue weighted by Crippen LogP contribution is 2.29. The van der Waals surface area contributed by atoms with Crippen LogP contribution >= 0.6 is 0 Å². The van der Waals surface area contributed by atoms with Gasteiger partial charge in [0.15, 0.2) is 0 Å². The second kappa shape index (κ2) is 7.02. The molecule has 1 unspecified atom stereocenters. The lowest BCUT2D eigenvalue weighted by atomic mass is 10.2. The molecule has 19 heavy (non-hydrogen) atoms. The van der Waals surface area contributed by atoms with E-state index >= 15 is 0 Å². The fourth-order valence-electron chi connectivity index (χ4n) is 3.17. The van der Waals surface area contributed by atoms with E-state index in [-0.39, 0.29) is 0 Å². The van der Waals surface area contributed by atoms with Crippen LogP contribution in [-0.2, 0) is 4.74 Å². The molecule has 2 saturated heterocycles. The number of hydrogen-bond donors (Lipinski definition) is 1. The molecule has 110 valence electrons. The van der Waals surface area contributed by atoms with Gasteiger partial charge in [0.25, 0.3) is 0 Å². The molecule has 0 spiro atoms. The molecule has 0 aromatic heterocycles. The first-order valence-electron chi connectivity index (χ1n) is 8.17. The van der Waals surface area contributed by atoms with Crippen molar-refractivity contribution >= 4 is 0 Å². The zero-order valence-electron chi connectivity index (χ0n) is 12.1. The van der Waals surface area contributed by atoms with Crippen LogP contribution in [0, 0.1) is 5.92 Å². The average molecular weight is 267 g/mol. The SMILES string of the molecule is C1COC(CNCCN2CCN(CC3CC3)CC2)C1. The molecule has 0 bridgehead atoms. The van der Waals surface area contributed by atoms with E-state index in [1.807, 2.05) is 0 Å². The molecular formula is C15H29N3O. The predicted octanol–water partition coefficient (Wildman–Crippen LogP) is 0.783. The maximum Gasteiger partial charge on any atom is 0.0700 e. The smallest absolute Gasteiger partial charge is 0.0700 e. The Bertz CT molecular complexity index is 256. The van der Waals surface area contributed by atoms with Gasteiger partial charge in [-0.25, -0.2) is 0 Å². The highest BCUT2D eigenvalue weighted by atomic mass is 16.5. The number of piperazine rings is 1. The van der Waals surface area contributed by atoms with Crippen molar-refractivity contribution in [2.45, 2.75) is 31.8 Å². The highest BCUT2D eigenvalue weighted by Gasteiger charge is 2.26. The standard InChI is InChI=1S/C15H29N3O/c1-2-15(19-11-1)12-16-5-6-17-7-9-18(10-8-17)13-14-3-4-14/h14-16H,1-13H2. The molecule has 3 aliphatic rings. The van der Waals surface area contributed by atoms with Gasteiger partial charge in [-0.2, -0.15) is 0 Å². The van der Waals surface area contributed by atoms with Crippen LogP contribution in [0.5, 0.6) is 0 Å². The fourth-order valence-corrected chi connectivity index (χ4v) is 3.17. The monoisotopic (exact) mass is 267 g/mol. The molecule has 1 aliphatic carbocycles. The summed E-state index contributed by atoms with van der Waals surface area (Å²) in [6.07, 6.45) is 5.93. The minimum atomic E-state index is 0.482. The van der Waals surface area contributed by atoms with Crippen molar-refractivity contribution < 1.29 is 4.74 Å². The predicted molar refractivity (Wildman–Crippen MR) is 77.4 cm³/mol. The first kappa shape index (κ1) is 13.8. The summed E-state index contributed by atoms with van der Waals surface area (Å²) in [6.45, 7) is 10.8. The van der Waals surface area contributed by atoms with E-state index in [1.54, 1.807) is 0 Å². The summed E-state index contributed by atoms with van der Waals surface area (Å²) in [4.78, 5) is 5.26. The van der Waals surface area contributed by atoms with Gasteiger partial charge < -0.3 is 15.0 Å². The molecule has 3 rings (SSSR count). The van der Waals surface area contributed by atoms with E-state index in [9.17, 15) is 0 Å². The highest BCUT2D eigenvalue weighted by molar-refractivity contribution is 4.80. The van der Waals surface area contributed by atoms with Crippen molar-refractivity contribution in [3.63, 3.8) is 0 Å². The Balaban J connectivity index is 1.21. The Morgan fingerprint density at radius 1 is 1.00 bits per heavy atom. The normalized spacial score (nSPS) is 30.0. The lowest BCUT2D eigenvalue weighted by molar-refractivity contribution is 0.105. The van der Waals surface area contributed by atoms with E-state index in [4.69, 9.17) is 4.74 Å². The van der Waals surface area contributed by atoms with E-state index in [0.717, 1.165) is 25.6 Å². The van der Waals surface area contributed by atoms with Crippen molar-refractivity contribution in [3.05, 3.63) is 0 Å². The third-order valence-corrected chi connectivity index (χ3v) is 4.68. The van der Waals surface area contributed by atoms with Gasteiger partial charge in [0, 0.05) is 59.0 Å². The van der Waals surface area contributed by atoms with Crippen molar-refractivity contribution in [3.8, 4) is 0 Å². The van der Waals surface area contributed by atoms with Crippen LogP contribution in [0.15, 0.2) is 0 Å². The van der Waals surface area contributed by atoms with E-state index in [2.05, 4.69) is 15.1 Å². The van der Waals surface area contributed by atoms with Crippen LogP contribution in [0.3, 0.4) is 0 Å². The molecule has 4 heteroatoms. The molecule has 0 aromatic rings. The minimum absolute atomic E-state index is 0.482. The van der Waals surface area contributed by atoms with E-state index < -0.39 is 0 Å². The molecule has 3 fully saturated rings. The van der Waals surface area contributed by atoms with Gasteiger partial charge in [-0.05, 0) is 31.6 Å². The van der Waals surface area contributed by atoms with Crippen LogP contribution in [0.1, 0.15) is 25.7 Å². The van der Waals surface area contributed by atoms with Crippen molar-refractivity contribution in [1.82, 2.24) is 15.1 Å². The van der Waals surface area contributed by atoms with Gasteiger partial charge in [0.05, 0.1) is 6.10 Å². The summed E-state index contributed by atoms with van der Waals surface area (Å²) in [5.41, 5.74) is 0. The number of nitrogens with one attached hydrogen (secondary N) is 1. The Morgan fingerprint density at radius 3 is 2.47 bits per heavy atom. The number of ether oxygens (including phenoxy) is 1. The molecule has 1 atom stereocenters. The molecule has 2 aliphatic heterocycles. The van der Waals surface area contributed by atoms with Crippen molar-refractivity contribution in [2.24, 2.45) is 5.92 Å². The Kier molecular flexibility index (Phi) is 5.10. The van der Waals surface area contributed by atoms with Crippen molar-refractivity contribution in [1.29, 1.82) is 0 Å². The third kappa shape index (κ3) is 4.71. The van der Waals surface area contributed by atoms with Crippen LogP contribution < -0.4 is 5.32 Å². The first-order valence-corrected chi connectivity index (χ1v) is 8.17. The molecule has 0 amide bonds. The summed E-state index contributed by atoms with van der Waals surface area (Å²) >= 11 is 0. The Morgan fingerprint density at radius 2 is 1.79 bits per heavy atom. The Hall–Kier alpha value is -0.160. The minimum Gasteiger partial charge on any atom is -0.377 e. The molecule has 1 saturated carbocycles. The lowest BCUT2D eigenvalue weighted by Crippen LogP contribution is -2.48. The zero-order chi connectivity index (χ0) is 12.9. The van der Waals surface area contributed by atoms with Gasteiger partial charge in [0.1, 0.15) is 0 Å². The second-order valence-corrected chi connectivity index (χ2v) is 6.42. The number of hydrogen-bond acceptors (Lipinski definition) is 4. The fraction of sp³-hybridized carbons (Fsp3) is 1.00. The maximum absolute atomic E-state index is 5.62. The number of nitrogens with zero attached hydrogens (tertiary/aromatic N) is 2. The zero-order valence-corrected chi connectivity index (χ0v) is 12.1. The topological polar surface area (TPSA) is 27.7 Å². The summed E-state index contributed by atoms with van der Waals surface area (Å²) in [6, 6.07) is 0. The largest absolute Gasteiger partial charge is 0.377 e. The van der Waals surface area contributed by atoms with Gasteiger partial charge in [-0.3, -0.25) is 4.90 Å². The maximum atomic E-state index is 5.62. The molecule has 1 N–H and O–H groups in total. The van der Waals surface area contributed by atoms with Crippen LogP contribution in [0.2, 0.25) is 0 Å². The summed E-state index contributed by atoms with van der Waals surface area (Å²) in [5.74, 6) is 1.04. The Labute approximate surface area is 117 Å². The van der Waals surface area contributed by atoms with Gasteiger partial charge in [0.2, 0.25) is 0 Å². The van der Waals surface area contributed by atoms with Crippen LogP contribution in [0.25, 0.3) is 0 Å². The first-order chi connectivity index (χ1) is 9.40. The summed E-state index contributed by atoms with van der Waals surface area (Å²) < 4.78 is 5.62. The number of rotatable bonds is 7. The quantitative estimate of drug-likeness (QED) is 0.690. The van der Waals surface area contributed by atoms with Crippen LogP contribution in [0.4, 0.5) is 0 Å². The summed E-state index contributed by atoms with van der Waals surface area (Å²) in [5, 5.41) is 3.55. The van der Waals surface area contributed by atoms with Gasteiger partial charge in [-0.1, -0.05) is 0 Å². The average Bonchev–Trinajstić information content (AvgIpc) is 3.09. The third-order valence-electron chi connectivity index (χ3n) is 4.68. The molecular weight excluding hydrogens is 238 g/mol. The lowest BCUT2D eigenvalue weighted by Gasteiger charge is -2.34. The van der Waals surface area contributed by atoms with Crippen molar-refractivity contribution in [2.75, 3.05) is 59.0 Å². The molecule has 4 nitrogen and oxygen atoms in total. The summed E-state index contributed by atoms with van der Waals surface area (Å²) in [7, 11) is 0. The molecule has 0 radical (unpaired) electrons. The molecule has 0 aromatic carbocycles. The van der Waals surface area contributed by atoms with E-state index in [1.165, 1.54) is 65.0 Å². The van der Waals surface area contributed by atoms with Crippen LogP contribution in [-0.4, -0.2) is 74.9 Å². The van der Waals surface area contributed by atoms with Gasteiger partial charge in [-0.15, -0.1) is 0 Å². The molecule has 2 heterocycles. The van der Waals surface area contributed by atoms with E-state index in [0.29, 0.717) is 6.10 Å². The second-order valence-electron chi connectivity index (χ2n) is 6.42. The van der Waals surface area contributed by atoms with Gasteiger partial charge >= 0.3 is 0 Å².